The molecule has 0 radical (unpaired) electrons. The van der Waals surface area contributed by atoms with Gasteiger partial charge in [0.15, 0.2) is 6.04 Å². The number of carboxylic acid groups (broad SMARTS) is 1. The van der Waals surface area contributed by atoms with Gasteiger partial charge in [0.2, 0.25) is 0 Å². The van der Waals surface area contributed by atoms with Crippen molar-refractivity contribution in [3.05, 3.63) is 89.5 Å². The first-order chi connectivity index (χ1) is 16.0. The van der Waals surface area contributed by atoms with Crippen LogP contribution in [0.3, 0.4) is 0 Å². The summed E-state index contributed by atoms with van der Waals surface area (Å²) >= 11 is 0. The number of carbonyl (C=O) groups is 2. The molecule has 0 saturated heterocycles. The topological polar surface area (TPSA) is 76.1 Å². The molecule has 0 aliphatic heterocycles. The number of hydrogen-bond donors (Lipinski definition) is 1. The smallest absolute Gasteiger partial charge is 0.410 e. The molecule has 3 aromatic carbocycles. The number of amides is 1. The highest BCUT2D eigenvalue weighted by Crippen LogP contribution is 2.44. The Hall–Kier alpha value is -3.80. The Balaban J connectivity index is 1.41. The predicted molar refractivity (Wildman–Crippen MR) is 126 cm³/mol. The zero-order valence-electron chi connectivity index (χ0n) is 18.7. The summed E-state index contributed by atoms with van der Waals surface area (Å²) in [5.41, 5.74) is 5.63. The van der Waals surface area contributed by atoms with Crippen LogP contribution in [-0.2, 0) is 16.0 Å². The van der Waals surface area contributed by atoms with Gasteiger partial charge >= 0.3 is 12.1 Å². The van der Waals surface area contributed by atoms with Crippen molar-refractivity contribution in [3.63, 3.8) is 0 Å². The van der Waals surface area contributed by atoms with Crippen molar-refractivity contribution in [1.29, 1.82) is 0 Å². The lowest BCUT2D eigenvalue weighted by molar-refractivity contribution is -0.143. The van der Waals surface area contributed by atoms with E-state index in [1.54, 1.807) is 12.1 Å². The van der Waals surface area contributed by atoms with Crippen molar-refractivity contribution in [2.24, 2.45) is 0 Å². The van der Waals surface area contributed by atoms with Gasteiger partial charge in [-0.3, -0.25) is 4.90 Å². The van der Waals surface area contributed by atoms with Crippen molar-refractivity contribution in [1.82, 2.24) is 4.90 Å². The maximum atomic E-state index is 12.7. The summed E-state index contributed by atoms with van der Waals surface area (Å²) in [4.78, 5) is 25.7. The molecule has 1 aliphatic carbocycles. The Morgan fingerprint density at radius 2 is 1.52 bits per heavy atom. The first-order valence-electron chi connectivity index (χ1n) is 11.0. The third-order valence-electron chi connectivity index (χ3n) is 6.12. The van der Waals surface area contributed by atoms with Crippen LogP contribution in [0.15, 0.2) is 72.8 Å². The number of fused-ring (bicyclic) bond motifs is 3. The lowest BCUT2D eigenvalue weighted by atomic mass is 9.98. The van der Waals surface area contributed by atoms with Crippen LogP contribution in [0.2, 0.25) is 0 Å². The summed E-state index contributed by atoms with van der Waals surface area (Å²) < 4.78 is 11.2. The van der Waals surface area contributed by atoms with Crippen molar-refractivity contribution < 1.29 is 24.2 Å². The standard InChI is InChI=1S/C27H27NO5/c1-3-18-12-14-19(15-13-18)32-17-25(26(29)30)28(2)27(31)33-16-24-22-10-6-4-8-20(22)21-9-5-7-11-23(21)24/h4-15,24-25H,3,16-17H2,1-2H3,(H,29,30)/t25-/m0/s1. The number of aryl methyl sites for hydroxylation is 1. The van der Waals surface area contributed by atoms with E-state index < -0.39 is 18.1 Å². The molecule has 0 saturated carbocycles. The summed E-state index contributed by atoms with van der Waals surface area (Å²) in [6, 6.07) is 22.4. The molecule has 1 amide bonds. The van der Waals surface area contributed by atoms with E-state index in [-0.39, 0.29) is 19.1 Å². The maximum Gasteiger partial charge on any atom is 0.410 e. The molecule has 6 nitrogen and oxygen atoms in total. The molecule has 0 fully saturated rings. The van der Waals surface area contributed by atoms with Gasteiger partial charge in [-0.2, -0.15) is 0 Å². The number of carbonyl (C=O) groups excluding carboxylic acids is 1. The summed E-state index contributed by atoms with van der Waals surface area (Å²) in [6.07, 6.45) is 0.205. The van der Waals surface area contributed by atoms with Crippen LogP contribution in [0.1, 0.15) is 29.5 Å². The molecule has 1 N–H and O–H groups in total. The average Bonchev–Trinajstić information content (AvgIpc) is 3.16. The van der Waals surface area contributed by atoms with Gasteiger partial charge in [-0.15, -0.1) is 0 Å². The third-order valence-corrected chi connectivity index (χ3v) is 6.12. The molecule has 0 aromatic heterocycles. The van der Waals surface area contributed by atoms with Crippen LogP contribution in [-0.4, -0.2) is 48.4 Å². The Kier molecular flexibility index (Phi) is 6.63. The Morgan fingerprint density at radius 1 is 0.939 bits per heavy atom. The van der Waals surface area contributed by atoms with Crippen molar-refractivity contribution in [2.45, 2.75) is 25.3 Å². The van der Waals surface area contributed by atoms with E-state index in [9.17, 15) is 14.7 Å². The molecule has 6 heteroatoms. The van der Waals surface area contributed by atoms with Crippen LogP contribution in [0.5, 0.6) is 5.75 Å². The van der Waals surface area contributed by atoms with Crippen LogP contribution in [0, 0.1) is 0 Å². The Morgan fingerprint density at radius 3 is 2.06 bits per heavy atom. The second-order valence-corrected chi connectivity index (χ2v) is 8.08. The lowest BCUT2D eigenvalue weighted by Gasteiger charge is -2.25. The first-order valence-corrected chi connectivity index (χ1v) is 11.0. The first kappa shape index (κ1) is 22.4. The van der Waals surface area contributed by atoms with Gasteiger partial charge in [0.1, 0.15) is 19.0 Å². The predicted octanol–water partition coefficient (Wildman–Crippen LogP) is 4.96. The largest absolute Gasteiger partial charge is 0.491 e. The highest BCUT2D eigenvalue weighted by atomic mass is 16.6. The fraction of sp³-hybridized carbons (Fsp3) is 0.259. The van der Waals surface area contributed by atoms with Crippen LogP contribution in [0.4, 0.5) is 4.79 Å². The van der Waals surface area contributed by atoms with Crippen LogP contribution in [0.25, 0.3) is 11.1 Å². The molecular formula is C27H27NO5. The van der Waals surface area contributed by atoms with Gasteiger partial charge in [0.25, 0.3) is 0 Å². The number of hydrogen-bond acceptors (Lipinski definition) is 4. The quantitative estimate of drug-likeness (QED) is 0.530. The van der Waals surface area contributed by atoms with E-state index in [0.717, 1.165) is 39.1 Å². The molecule has 1 atom stereocenters. The molecule has 0 unspecified atom stereocenters. The second kappa shape index (κ2) is 9.77. The third kappa shape index (κ3) is 4.70. The molecule has 1 aliphatic rings. The Labute approximate surface area is 193 Å². The summed E-state index contributed by atoms with van der Waals surface area (Å²) in [5.74, 6) is -0.693. The maximum absolute atomic E-state index is 12.7. The number of benzene rings is 3. The van der Waals surface area contributed by atoms with E-state index >= 15 is 0 Å². The molecule has 33 heavy (non-hydrogen) atoms. The molecule has 170 valence electrons. The van der Waals surface area contributed by atoms with E-state index in [0.29, 0.717) is 5.75 Å². The second-order valence-electron chi connectivity index (χ2n) is 8.08. The average molecular weight is 446 g/mol. The molecule has 4 rings (SSSR count). The normalized spacial score (nSPS) is 13.0. The van der Waals surface area contributed by atoms with Crippen molar-refractivity contribution >= 4 is 12.1 Å². The van der Waals surface area contributed by atoms with Gasteiger partial charge in [0, 0.05) is 13.0 Å². The zero-order chi connectivity index (χ0) is 23.4. The number of carboxylic acids is 1. The van der Waals surface area contributed by atoms with Gasteiger partial charge in [-0.25, -0.2) is 9.59 Å². The van der Waals surface area contributed by atoms with E-state index in [2.05, 4.69) is 19.1 Å². The minimum Gasteiger partial charge on any atom is -0.491 e. The number of likely N-dealkylation sites (N-methyl/N-ethyl adjacent to an activating group) is 1. The number of aliphatic carboxylic acids is 1. The van der Waals surface area contributed by atoms with E-state index in [1.165, 1.54) is 7.05 Å². The SMILES string of the molecule is CCc1ccc(OC[C@@H](C(=O)O)N(C)C(=O)OCC2c3ccccc3-c3ccccc32)cc1. The number of nitrogens with zero attached hydrogens (tertiary/aromatic N) is 1. The zero-order valence-corrected chi connectivity index (χ0v) is 18.7. The minimum atomic E-state index is -1.17. The molecule has 3 aromatic rings. The molecular weight excluding hydrogens is 418 g/mol. The van der Waals surface area contributed by atoms with Crippen LogP contribution < -0.4 is 4.74 Å². The van der Waals surface area contributed by atoms with Gasteiger partial charge < -0.3 is 14.6 Å². The Bertz CT molecular complexity index is 1100. The summed E-state index contributed by atoms with van der Waals surface area (Å²) in [6.45, 7) is 2.00. The fourth-order valence-corrected chi connectivity index (χ4v) is 4.17. The van der Waals surface area contributed by atoms with Gasteiger partial charge in [-0.05, 0) is 46.4 Å². The lowest BCUT2D eigenvalue weighted by Crippen LogP contribution is -2.46. The highest BCUT2D eigenvalue weighted by molar-refractivity contribution is 5.81. The molecule has 0 heterocycles. The van der Waals surface area contributed by atoms with E-state index in [4.69, 9.17) is 9.47 Å². The summed E-state index contributed by atoms with van der Waals surface area (Å²) in [5, 5.41) is 9.66. The number of rotatable bonds is 8. The molecule has 0 spiro atoms. The van der Waals surface area contributed by atoms with Crippen LogP contribution >= 0.6 is 0 Å². The van der Waals surface area contributed by atoms with Gasteiger partial charge in [-0.1, -0.05) is 67.6 Å². The summed E-state index contributed by atoms with van der Waals surface area (Å²) in [7, 11) is 1.42. The highest BCUT2D eigenvalue weighted by Gasteiger charge is 2.32. The van der Waals surface area contributed by atoms with Crippen molar-refractivity contribution in [3.8, 4) is 16.9 Å². The van der Waals surface area contributed by atoms with E-state index in [1.807, 2.05) is 48.5 Å². The molecule has 0 bridgehead atoms. The monoisotopic (exact) mass is 445 g/mol. The fourth-order valence-electron chi connectivity index (χ4n) is 4.17. The van der Waals surface area contributed by atoms with Gasteiger partial charge in [0.05, 0.1) is 0 Å². The van der Waals surface area contributed by atoms with Crippen molar-refractivity contribution in [2.75, 3.05) is 20.3 Å². The number of ether oxygens (including phenoxy) is 2. The minimum absolute atomic E-state index is 0.0913.